The van der Waals surface area contributed by atoms with Gasteiger partial charge in [0, 0.05) is 38.3 Å². The largest absolute Gasteiger partial charge is 0.344 e. The normalized spacial score (nSPS) is 18.8. The highest BCUT2D eigenvalue weighted by Crippen LogP contribution is 2.12. The Kier molecular flexibility index (Phi) is 4.57. The van der Waals surface area contributed by atoms with E-state index in [-0.39, 0.29) is 18.0 Å². The fraction of sp³-hybridized carbons (Fsp3) is 0.429. The molecule has 1 heterocycles. The zero-order chi connectivity index (χ0) is 14.5. The Morgan fingerprint density at radius 2 is 2.30 bits per heavy atom. The summed E-state index contributed by atoms with van der Waals surface area (Å²) in [4.78, 5) is 24.9. The summed E-state index contributed by atoms with van der Waals surface area (Å²) < 4.78 is 0. The first kappa shape index (κ1) is 14.3. The Hall–Kier alpha value is -2.08. The molecule has 2 rings (SSSR count). The van der Waals surface area contributed by atoms with Gasteiger partial charge in [-0.25, -0.2) is 4.79 Å². The van der Waals surface area contributed by atoms with Crippen molar-refractivity contribution in [1.82, 2.24) is 10.2 Å². The Morgan fingerprint density at radius 1 is 1.50 bits per heavy atom. The summed E-state index contributed by atoms with van der Waals surface area (Å²) in [7, 11) is 1.75. The lowest BCUT2D eigenvalue weighted by atomic mass is 10.1. The molecule has 1 atom stereocenters. The van der Waals surface area contributed by atoms with Gasteiger partial charge in [0.2, 0.25) is 5.91 Å². The Labute approximate surface area is 118 Å². The molecule has 4 N–H and O–H groups in total. The fourth-order valence-electron chi connectivity index (χ4n) is 2.26. The maximum atomic E-state index is 11.9. The van der Waals surface area contributed by atoms with E-state index in [9.17, 15) is 9.59 Å². The van der Waals surface area contributed by atoms with Crippen molar-refractivity contribution in [2.75, 3.05) is 18.9 Å². The van der Waals surface area contributed by atoms with Crippen LogP contribution < -0.4 is 16.4 Å². The summed E-state index contributed by atoms with van der Waals surface area (Å²) >= 11 is 0. The molecule has 108 valence electrons. The van der Waals surface area contributed by atoms with E-state index in [2.05, 4.69) is 10.6 Å². The van der Waals surface area contributed by atoms with E-state index in [4.69, 9.17) is 5.73 Å². The van der Waals surface area contributed by atoms with E-state index in [0.717, 1.165) is 5.56 Å². The molecule has 20 heavy (non-hydrogen) atoms. The van der Waals surface area contributed by atoms with Gasteiger partial charge in [-0.1, -0.05) is 12.1 Å². The minimum absolute atomic E-state index is 0.00427. The number of piperidine rings is 1. The molecule has 0 aromatic heterocycles. The Balaban J connectivity index is 1.87. The van der Waals surface area contributed by atoms with Crippen LogP contribution in [0.2, 0.25) is 0 Å². The molecule has 1 aromatic rings. The van der Waals surface area contributed by atoms with Crippen LogP contribution in [-0.4, -0.2) is 36.5 Å². The van der Waals surface area contributed by atoms with Gasteiger partial charge in [-0.3, -0.25) is 4.79 Å². The minimum Gasteiger partial charge on any atom is -0.344 e. The Bertz CT molecular complexity index is 504. The number of likely N-dealkylation sites (N-methyl/N-ethyl adjacent to an activating group) is 1. The molecule has 1 unspecified atom stereocenters. The van der Waals surface area contributed by atoms with Crippen LogP contribution >= 0.6 is 0 Å². The highest BCUT2D eigenvalue weighted by Gasteiger charge is 2.23. The number of benzene rings is 1. The van der Waals surface area contributed by atoms with Gasteiger partial charge in [0.1, 0.15) is 0 Å². The third-order valence-electron chi connectivity index (χ3n) is 3.38. The van der Waals surface area contributed by atoms with Crippen LogP contribution in [0.1, 0.15) is 18.4 Å². The predicted octanol–water partition coefficient (Wildman–Crippen LogP) is 0.888. The molecule has 0 bridgehead atoms. The van der Waals surface area contributed by atoms with Gasteiger partial charge in [0.05, 0.1) is 0 Å². The van der Waals surface area contributed by atoms with E-state index in [1.807, 2.05) is 24.3 Å². The zero-order valence-corrected chi connectivity index (χ0v) is 11.6. The molecular formula is C14H20N4O2. The molecule has 1 aromatic carbocycles. The van der Waals surface area contributed by atoms with Gasteiger partial charge in [-0.15, -0.1) is 0 Å². The van der Waals surface area contributed by atoms with Crippen molar-refractivity contribution in [3.63, 3.8) is 0 Å². The summed E-state index contributed by atoms with van der Waals surface area (Å²) in [5.41, 5.74) is 7.24. The number of hydrogen-bond acceptors (Lipinski definition) is 3. The number of likely N-dealkylation sites (tertiary alicyclic amines) is 1. The number of anilines is 1. The van der Waals surface area contributed by atoms with Crippen molar-refractivity contribution >= 4 is 17.6 Å². The number of urea groups is 1. The highest BCUT2D eigenvalue weighted by molar-refractivity contribution is 5.89. The van der Waals surface area contributed by atoms with E-state index in [1.165, 1.54) is 0 Å². The molecule has 6 heteroatoms. The lowest BCUT2D eigenvalue weighted by molar-refractivity contribution is -0.132. The zero-order valence-electron chi connectivity index (χ0n) is 11.6. The van der Waals surface area contributed by atoms with E-state index in [0.29, 0.717) is 31.6 Å². The van der Waals surface area contributed by atoms with Crippen molar-refractivity contribution in [2.45, 2.75) is 25.4 Å². The first-order chi connectivity index (χ1) is 9.58. The van der Waals surface area contributed by atoms with Gasteiger partial charge < -0.3 is 21.3 Å². The molecule has 1 aliphatic heterocycles. The predicted molar refractivity (Wildman–Crippen MR) is 77.1 cm³/mol. The molecule has 1 aliphatic rings. The van der Waals surface area contributed by atoms with Crippen molar-refractivity contribution in [3.05, 3.63) is 29.8 Å². The van der Waals surface area contributed by atoms with Crippen LogP contribution in [0.25, 0.3) is 0 Å². The van der Waals surface area contributed by atoms with Gasteiger partial charge in [-0.05, 0) is 24.1 Å². The Morgan fingerprint density at radius 3 is 3.00 bits per heavy atom. The number of nitrogens with two attached hydrogens (primary N) is 1. The van der Waals surface area contributed by atoms with Crippen LogP contribution in [0.5, 0.6) is 0 Å². The van der Waals surface area contributed by atoms with Crippen molar-refractivity contribution in [1.29, 1.82) is 0 Å². The molecule has 3 amide bonds. The SMILES string of the molecule is CN1CC(NC(=O)Nc2cccc(CN)c2)CCC1=O. The number of hydrogen-bond donors (Lipinski definition) is 3. The molecule has 6 nitrogen and oxygen atoms in total. The third-order valence-corrected chi connectivity index (χ3v) is 3.38. The first-order valence-corrected chi connectivity index (χ1v) is 6.69. The van der Waals surface area contributed by atoms with Gasteiger partial charge in [0.15, 0.2) is 0 Å². The van der Waals surface area contributed by atoms with Crippen LogP contribution in [0.15, 0.2) is 24.3 Å². The second-order valence-electron chi connectivity index (χ2n) is 5.01. The summed E-state index contributed by atoms with van der Waals surface area (Å²) in [6.07, 6.45) is 1.16. The molecule has 0 aliphatic carbocycles. The number of nitrogens with one attached hydrogen (secondary N) is 2. The standard InChI is InChI=1S/C14H20N4O2/c1-18-9-12(5-6-13(18)19)17-14(20)16-11-4-2-3-10(7-11)8-15/h2-4,7,12H,5-6,8-9,15H2,1H3,(H2,16,17,20). The molecule has 0 saturated carbocycles. The molecular weight excluding hydrogens is 256 g/mol. The minimum atomic E-state index is -0.257. The average Bonchev–Trinajstić information content (AvgIpc) is 2.43. The van der Waals surface area contributed by atoms with Crippen molar-refractivity contribution in [2.24, 2.45) is 5.73 Å². The maximum Gasteiger partial charge on any atom is 0.319 e. The van der Waals surface area contributed by atoms with Gasteiger partial charge >= 0.3 is 6.03 Å². The van der Waals surface area contributed by atoms with Gasteiger partial charge in [0.25, 0.3) is 0 Å². The average molecular weight is 276 g/mol. The van der Waals surface area contributed by atoms with Crippen molar-refractivity contribution < 1.29 is 9.59 Å². The maximum absolute atomic E-state index is 11.9. The van der Waals surface area contributed by atoms with Crippen LogP contribution in [-0.2, 0) is 11.3 Å². The van der Waals surface area contributed by atoms with E-state index in [1.54, 1.807) is 11.9 Å². The quantitative estimate of drug-likeness (QED) is 0.766. The number of rotatable bonds is 3. The molecule has 1 saturated heterocycles. The number of carbonyl (C=O) groups excluding carboxylic acids is 2. The number of carbonyl (C=O) groups is 2. The lowest BCUT2D eigenvalue weighted by Gasteiger charge is -2.30. The monoisotopic (exact) mass is 276 g/mol. The first-order valence-electron chi connectivity index (χ1n) is 6.69. The number of amides is 3. The molecule has 0 radical (unpaired) electrons. The second-order valence-corrected chi connectivity index (χ2v) is 5.01. The smallest absolute Gasteiger partial charge is 0.319 e. The number of nitrogens with zero attached hydrogens (tertiary/aromatic N) is 1. The van der Waals surface area contributed by atoms with Crippen LogP contribution in [0.3, 0.4) is 0 Å². The molecule has 0 spiro atoms. The lowest BCUT2D eigenvalue weighted by Crippen LogP contribution is -2.49. The fourth-order valence-corrected chi connectivity index (χ4v) is 2.26. The topological polar surface area (TPSA) is 87.5 Å². The van der Waals surface area contributed by atoms with E-state index < -0.39 is 0 Å². The second kappa shape index (κ2) is 6.38. The van der Waals surface area contributed by atoms with Crippen LogP contribution in [0, 0.1) is 0 Å². The third kappa shape index (κ3) is 3.71. The van der Waals surface area contributed by atoms with Gasteiger partial charge in [-0.2, -0.15) is 0 Å². The highest BCUT2D eigenvalue weighted by atomic mass is 16.2. The summed E-state index contributed by atoms with van der Waals surface area (Å²) in [6.45, 7) is 0.988. The summed E-state index contributed by atoms with van der Waals surface area (Å²) in [6, 6.07) is 7.16. The van der Waals surface area contributed by atoms with Crippen molar-refractivity contribution in [3.8, 4) is 0 Å². The van der Waals surface area contributed by atoms with E-state index >= 15 is 0 Å². The van der Waals surface area contributed by atoms with Crippen LogP contribution in [0.4, 0.5) is 10.5 Å². The summed E-state index contributed by atoms with van der Waals surface area (Å²) in [5, 5.41) is 5.66. The summed E-state index contributed by atoms with van der Waals surface area (Å²) in [5.74, 6) is 0.124. The molecule has 1 fully saturated rings.